The number of nitrogens with zero attached hydrogens (tertiary/aromatic N) is 2. The lowest BCUT2D eigenvalue weighted by Gasteiger charge is -2.28. The molecule has 2 aromatic carbocycles. The van der Waals surface area contributed by atoms with E-state index in [0.29, 0.717) is 30.8 Å². The fourth-order valence-electron chi connectivity index (χ4n) is 4.74. The monoisotopic (exact) mass is 449 g/mol. The second-order valence-electron chi connectivity index (χ2n) is 8.65. The average molecular weight is 450 g/mol. The SMILES string of the molecule is COc1ccc(C(=O)NC(C(=O)N2CCCC(N3CCCC3=O)CC2)c2ccccc2)cc1. The van der Waals surface area contributed by atoms with Gasteiger partial charge in [-0.2, -0.15) is 0 Å². The van der Waals surface area contributed by atoms with Crippen molar-refractivity contribution in [1.82, 2.24) is 15.1 Å². The molecule has 33 heavy (non-hydrogen) atoms. The Morgan fingerprint density at radius 2 is 1.73 bits per heavy atom. The smallest absolute Gasteiger partial charge is 0.252 e. The maximum absolute atomic E-state index is 13.6. The first-order chi connectivity index (χ1) is 16.1. The van der Waals surface area contributed by atoms with E-state index in [1.54, 1.807) is 31.4 Å². The summed E-state index contributed by atoms with van der Waals surface area (Å²) < 4.78 is 5.16. The average Bonchev–Trinajstić information content (AvgIpc) is 3.13. The topological polar surface area (TPSA) is 79.0 Å². The van der Waals surface area contributed by atoms with Gasteiger partial charge in [-0.25, -0.2) is 0 Å². The van der Waals surface area contributed by atoms with Gasteiger partial charge in [-0.15, -0.1) is 0 Å². The Balaban J connectivity index is 1.49. The van der Waals surface area contributed by atoms with Crippen molar-refractivity contribution in [3.05, 3.63) is 65.7 Å². The predicted molar refractivity (Wildman–Crippen MR) is 125 cm³/mol. The molecule has 0 aromatic heterocycles. The summed E-state index contributed by atoms with van der Waals surface area (Å²) in [5.41, 5.74) is 1.22. The van der Waals surface area contributed by atoms with E-state index in [1.807, 2.05) is 40.1 Å². The lowest BCUT2D eigenvalue weighted by molar-refractivity contribution is -0.133. The number of carbonyl (C=O) groups excluding carboxylic acids is 3. The molecule has 3 amide bonds. The molecular weight excluding hydrogens is 418 g/mol. The number of hydrogen-bond acceptors (Lipinski definition) is 4. The second-order valence-corrected chi connectivity index (χ2v) is 8.65. The van der Waals surface area contributed by atoms with Crippen molar-refractivity contribution in [1.29, 1.82) is 0 Å². The molecule has 2 fully saturated rings. The minimum absolute atomic E-state index is 0.114. The van der Waals surface area contributed by atoms with Crippen molar-refractivity contribution in [2.24, 2.45) is 0 Å². The van der Waals surface area contributed by atoms with Crippen LogP contribution in [0.3, 0.4) is 0 Å². The molecule has 2 atom stereocenters. The van der Waals surface area contributed by atoms with Gasteiger partial charge in [0.25, 0.3) is 5.91 Å². The van der Waals surface area contributed by atoms with Crippen LogP contribution in [0.2, 0.25) is 0 Å². The number of rotatable bonds is 6. The Kier molecular flexibility index (Phi) is 7.27. The summed E-state index contributed by atoms with van der Waals surface area (Å²) in [4.78, 5) is 42.6. The van der Waals surface area contributed by atoms with Gasteiger partial charge in [0.05, 0.1) is 7.11 Å². The lowest BCUT2D eigenvalue weighted by Crippen LogP contribution is -2.44. The van der Waals surface area contributed by atoms with Crippen LogP contribution in [0, 0.1) is 0 Å². The van der Waals surface area contributed by atoms with E-state index in [0.717, 1.165) is 37.8 Å². The van der Waals surface area contributed by atoms with E-state index in [1.165, 1.54) is 0 Å². The van der Waals surface area contributed by atoms with Gasteiger partial charge in [0.15, 0.2) is 0 Å². The molecule has 2 aliphatic heterocycles. The molecule has 2 unspecified atom stereocenters. The first-order valence-electron chi connectivity index (χ1n) is 11.6. The van der Waals surface area contributed by atoms with E-state index in [2.05, 4.69) is 5.32 Å². The van der Waals surface area contributed by atoms with Gasteiger partial charge >= 0.3 is 0 Å². The zero-order chi connectivity index (χ0) is 23.2. The maximum Gasteiger partial charge on any atom is 0.252 e. The van der Waals surface area contributed by atoms with Gasteiger partial charge < -0.3 is 19.9 Å². The molecule has 7 heteroatoms. The van der Waals surface area contributed by atoms with E-state index in [4.69, 9.17) is 4.74 Å². The molecule has 0 radical (unpaired) electrons. The standard InChI is InChI=1S/C26H31N3O4/c1-33-22-13-11-20(12-14-22)25(31)27-24(19-7-3-2-4-8-19)26(32)28-16-5-9-21(15-18-28)29-17-6-10-23(29)30/h2-4,7-8,11-14,21,24H,5-6,9-10,15-18H2,1H3,(H,27,31). The van der Waals surface area contributed by atoms with Crippen LogP contribution in [0.15, 0.2) is 54.6 Å². The third-order valence-corrected chi connectivity index (χ3v) is 6.57. The fourth-order valence-corrected chi connectivity index (χ4v) is 4.74. The van der Waals surface area contributed by atoms with Gasteiger partial charge in [-0.05, 0) is 55.5 Å². The number of ether oxygens (including phenoxy) is 1. The Labute approximate surface area is 194 Å². The van der Waals surface area contributed by atoms with Gasteiger partial charge in [0.2, 0.25) is 11.8 Å². The van der Waals surface area contributed by atoms with E-state index >= 15 is 0 Å². The van der Waals surface area contributed by atoms with E-state index in [9.17, 15) is 14.4 Å². The molecule has 0 saturated carbocycles. The third-order valence-electron chi connectivity index (χ3n) is 6.57. The largest absolute Gasteiger partial charge is 0.497 e. The third kappa shape index (κ3) is 5.35. The van der Waals surface area contributed by atoms with Crippen molar-refractivity contribution >= 4 is 17.7 Å². The van der Waals surface area contributed by atoms with Gasteiger partial charge in [0.1, 0.15) is 11.8 Å². The zero-order valence-corrected chi connectivity index (χ0v) is 19.0. The first kappa shape index (κ1) is 22.8. The Morgan fingerprint density at radius 1 is 0.970 bits per heavy atom. The minimum atomic E-state index is -0.772. The van der Waals surface area contributed by atoms with E-state index in [-0.39, 0.29) is 23.8 Å². The number of methoxy groups -OCH3 is 1. The number of likely N-dealkylation sites (tertiary alicyclic amines) is 2. The lowest BCUT2D eigenvalue weighted by atomic mass is 10.0. The summed E-state index contributed by atoms with van der Waals surface area (Å²) >= 11 is 0. The molecule has 0 spiro atoms. The van der Waals surface area contributed by atoms with Crippen LogP contribution in [0.5, 0.6) is 5.75 Å². The van der Waals surface area contributed by atoms with Crippen LogP contribution in [0.25, 0.3) is 0 Å². The van der Waals surface area contributed by atoms with Crippen molar-refractivity contribution in [2.75, 3.05) is 26.7 Å². The molecule has 2 aromatic rings. The molecule has 2 saturated heterocycles. The normalized spacial score (nSPS) is 19.7. The molecule has 2 aliphatic rings. The van der Waals surface area contributed by atoms with Crippen LogP contribution in [0.1, 0.15) is 54.1 Å². The molecular formula is C26H31N3O4. The minimum Gasteiger partial charge on any atom is -0.497 e. The van der Waals surface area contributed by atoms with Crippen molar-refractivity contribution in [3.8, 4) is 5.75 Å². The summed E-state index contributed by atoms with van der Waals surface area (Å²) in [6, 6.07) is 15.6. The van der Waals surface area contributed by atoms with Crippen LogP contribution in [-0.2, 0) is 9.59 Å². The maximum atomic E-state index is 13.6. The fraction of sp³-hybridized carbons (Fsp3) is 0.423. The number of benzene rings is 2. The summed E-state index contributed by atoms with van der Waals surface area (Å²) in [5, 5.41) is 2.94. The Hall–Kier alpha value is -3.35. The van der Waals surface area contributed by atoms with E-state index < -0.39 is 6.04 Å². The summed E-state index contributed by atoms with van der Waals surface area (Å²) in [6.45, 7) is 2.02. The molecule has 7 nitrogen and oxygen atoms in total. The highest BCUT2D eigenvalue weighted by atomic mass is 16.5. The molecule has 0 aliphatic carbocycles. The Bertz CT molecular complexity index is 977. The molecule has 4 rings (SSSR count). The molecule has 1 N–H and O–H groups in total. The molecule has 174 valence electrons. The van der Waals surface area contributed by atoms with Crippen LogP contribution in [0.4, 0.5) is 0 Å². The first-order valence-corrected chi connectivity index (χ1v) is 11.6. The van der Waals surface area contributed by atoms with Crippen LogP contribution >= 0.6 is 0 Å². The van der Waals surface area contributed by atoms with Crippen molar-refractivity contribution in [2.45, 2.75) is 44.2 Å². The summed E-state index contributed by atoms with van der Waals surface area (Å²) in [6.07, 6.45) is 4.07. The Morgan fingerprint density at radius 3 is 2.39 bits per heavy atom. The van der Waals surface area contributed by atoms with Gasteiger partial charge in [0, 0.05) is 37.7 Å². The highest BCUT2D eigenvalue weighted by Crippen LogP contribution is 2.25. The van der Waals surface area contributed by atoms with Gasteiger partial charge in [-0.3, -0.25) is 14.4 Å². The van der Waals surface area contributed by atoms with Crippen LogP contribution < -0.4 is 10.1 Å². The molecule has 0 bridgehead atoms. The zero-order valence-electron chi connectivity index (χ0n) is 19.0. The van der Waals surface area contributed by atoms with Gasteiger partial charge in [-0.1, -0.05) is 30.3 Å². The number of carbonyl (C=O) groups is 3. The number of hydrogen-bond donors (Lipinski definition) is 1. The van der Waals surface area contributed by atoms with Crippen LogP contribution in [-0.4, -0.2) is 60.3 Å². The highest BCUT2D eigenvalue weighted by Gasteiger charge is 2.33. The second kappa shape index (κ2) is 10.5. The van der Waals surface area contributed by atoms with Crippen molar-refractivity contribution < 1.29 is 19.1 Å². The van der Waals surface area contributed by atoms with Crippen molar-refractivity contribution in [3.63, 3.8) is 0 Å². The number of nitrogens with one attached hydrogen (secondary N) is 1. The summed E-state index contributed by atoms with van der Waals surface area (Å²) in [7, 11) is 1.57. The molecule has 2 heterocycles. The highest BCUT2D eigenvalue weighted by molar-refractivity contribution is 5.98. The quantitative estimate of drug-likeness (QED) is 0.735. The number of amides is 3. The predicted octanol–water partition coefficient (Wildman–Crippen LogP) is 3.17. The summed E-state index contributed by atoms with van der Waals surface area (Å²) in [5.74, 6) is 0.471.